The predicted octanol–water partition coefficient (Wildman–Crippen LogP) is 3.85. The minimum Gasteiger partial charge on any atom is -0.472 e. The van der Waals surface area contributed by atoms with Crippen molar-refractivity contribution in [2.75, 3.05) is 0 Å². The first-order chi connectivity index (χ1) is 8.84. The van der Waals surface area contributed by atoms with E-state index in [2.05, 4.69) is 6.07 Å². The smallest absolute Gasteiger partial charge is 0.341 e. The Morgan fingerprint density at radius 1 is 1.28 bits per heavy atom. The van der Waals surface area contributed by atoms with Crippen LogP contribution >= 0.6 is 11.3 Å². The van der Waals surface area contributed by atoms with Gasteiger partial charge in [-0.1, -0.05) is 18.2 Å². The molecule has 3 rings (SSSR count). The van der Waals surface area contributed by atoms with Crippen LogP contribution < -0.4 is 0 Å². The van der Waals surface area contributed by atoms with Crippen molar-refractivity contribution in [3.8, 4) is 0 Å². The monoisotopic (exact) mass is 258 g/mol. The average molecular weight is 258 g/mol. The molecular weight excluding hydrogens is 248 g/mol. The topological polar surface area (TPSA) is 39.4 Å². The molecule has 4 heteroatoms. The van der Waals surface area contributed by atoms with Crippen LogP contribution in [0.5, 0.6) is 0 Å². The van der Waals surface area contributed by atoms with Crippen molar-refractivity contribution in [2.24, 2.45) is 0 Å². The summed E-state index contributed by atoms with van der Waals surface area (Å²) in [6.07, 6.45) is 2.84. The van der Waals surface area contributed by atoms with E-state index in [1.54, 1.807) is 17.4 Å². The van der Waals surface area contributed by atoms with Crippen LogP contribution in [0, 0.1) is 0 Å². The molecule has 0 saturated carbocycles. The zero-order valence-electron chi connectivity index (χ0n) is 9.46. The zero-order chi connectivity index (χ0) is 12.4. The van der Waals surface area contributed by atoms with Gasteiger partial charge < -0.3 is 9.15 Å². The van der Waals surface area contributed by atoms with Crippen LogP contribution in [0.25, 0.3) is 10.1 Å². The highest BCUT2D eigenvalue weighted by Crippen LogP contribution is 2.26. The van der Waals surface area contributed by atoms with Crippen LogP contribution in [0.4, 0.5) is 0 Å². The zero-order valence-corrected chi connectivity index (χ0v) is 10.3. The van der Waals surface area contributed by atoms with Crippen molar-refractivity contribution >= 4 is 27.4 Å². The molecule has 2 heterocycles. The van der Waals surface area contributed by atoms with Gasteiger partial charge in [0.15, 0.2) is 0 Å². The quantitative estimate of drug-likeness (QED) is 0.670. The number of fused-ring (bicyclic) bond motifs is 1. The lowest BCUT2D eigenvalue weighted by Crippen LogP contribution is -2.03. The minimum absolute atomic E-state index is 0.286. The van der Waals surface area contributed by atoms with Gasteiger partial charge in [0.1, 0.15) is 12.9 Å². The molecule has 0 spiro atoms. The Labute approximate surface area is 108 Å². The number of thiophene rings is 1. The summed E-state index contributed by atoms with van der Waals surface area (Å²) in [4.78, 5) is 11.7. The molecule has 0 atom stereocenters. The van der Waals surface area contributed by atoms with E-state index >= 15 is 0 Å². The van der Waals surface area contributed by atoms with Gasteiger partial charge in [-0.3, -0.25) is 0 Å². The van der Waals surface area contributed by atoms with E-state index in [9.17, 15) is 4.79 Å². The van der Waals surface area contributed by atoms with Crippen molar-refractivity contribution in [3.05, 3.63) is 59.4 Å². The largest absolute Gasteiger partial charge is 0.472 e. The number of hydrogen-bond acceptors (Lipinski definition) is 4. The summed E-state index contributed by atoms with van der Waals surface area (Å²) in [5.74, 6) is -0.362. The van der Waals surface area contributed by atoms with Crippen LogP contribution in [-0.2, 0) is 11.3 Å². The molecule has 0 amide bonds. The van der Waals surface area contributed by atoms with Gasteiger partial charge in [0.2, 0.25) is 0 Å². The van der Waals surface area contributed by atoms with Crippen LogP contribution in [0.3, 0.4) is 0 Å². The fourth-order valence-corrected chi connectivity index (χ4v) is 2.70. The Hall–Kier alpha value is -2.07. The van der Waals surface area contributed by atoms with Gasteiger partial charge in [0.25, 0.3) is 0 Å². The number of esters is 1. The molecule has 0 aliphatic rings. The molecule has 0 saturated heterocycles. The second-order valence-corrected chi connectivity index (χ2v) is 4.76. The summed E-state index contributed by atoms with van der Waals surface area (Å²) in [7, 11) is 0. The van der Waals surface area contributed by atoms with E-state index in [0.29, 0.717) is 5.56 Å². The van der Waals surface area contributed by atoms with E-state index in [0.717, 1.165) is 10.9 Å². The summed E-state index contributed by atoms with van der Waals surface area (Å²) < 4.78 is 11.3. The maximum absolute atomic E-state index is 11.7. The summed E-state index contributed by atoms with van der Waals surface area (Å²) in [5, 5.41) is 3.16. The molecule has 18 heavy (non-hydrogen) atoms. The number of furan rings is 1. The molecule has 0 unspecified atom stereocenters. The van der Waals surface area contributed by atoms with Gasteiger partial charge in [0, 0.05) is 10.3 Å². The van der Waals surface area contributed by atoms with Crippen LogP contribution in [0.15, 0.2) is 52.7 Å². The molecule has 0 N–H and O–H groups in total. The van der Waals surface area contributed by atoms with E-state index in [4.69, 9.17) is 9.15 Å². The molecule has 3 aromatic rings. The van der Waals surface area contributed by atoms with Crippen LogP contribution in [0.2, 0.25) is 0 Å². The second kappa shape index (κ2) is 4.66. The lowest BCUT2D eigenvalue weighted by Gasteiger charge is -2.02. The van der Waals surface area contributed by atoms with Crippen molar-refractivity contribution in [3.63, 3.8) is 0 Å². The highest BCUT2D eigenvalue weighted by molar-refractivity contribution is 7.17. The maximum atomic E-state index is 11.7. The summed E-state index contributed by atoms with van der Waals surface area (Å²) in [5.41, 5.74) is 1.47. The number of ether oxygens (including phenoxy) is 1. The highest BCUT2D eigenvalue weighted by atomic mass is 32.1. The molecule has 0 radical (unpaired) electrons. The summed E-state index contributed by atoms with van der Waals surface area (Å²) in [6.45, 7) is 0.286. The maximum Gasteiger partial charge on any atom is 0.341 e. The molecule has 90 valence electrons. The highest BCUT2D eigenvalue weighted by Gasteiger charge is 2.10. The van der Waals surface area contributed by atoms with Crippen molar-refractivity contribution in [1.29, 1.82) is 0 Å². The van der Waals surface area contributed by atoms with Gasteiger partial charge in [-0.2, -0.15) is 0 Å². The van der Waals surface area contributed by atoms with E-state index in [1.165, 1.54) is 17.2 Å². The van der Waals surface area contributed by atoms with E-state index < -0.39 is 0 Å². The van der Waals surface area contributed by atoms with Gasteiger partial charge in [-0.05, 0) is 22.9 Å². The number of rotatable bonds is 3. The Morgan fingerprint density at radius 2 is 2.17 bits per heavy atom. The van der Waals surface area contributed by atoms with E-state index in [1.807, 2.05) is 23.6 Å². The van der Waals surface area contributed by atoms with Crippen LogP contribution in [0.1, 0.15) is 15.9 Å². The first-order valence-corrected chi connectivity index (χ1v) is 6.37. The Balaban J connectivity index is 1.76. The van der Waals surface area contributed by atoms with Crippen molar-refractivity contribution in [1.82, 2.24) is 0 Å². The number of carbonyl (C=O) groups excluding carboxylic acids is 1. The van der Waals surface area contributed by atoms with Crippen LogP contribution in [-0.4, -0.2) is 5.97 Å². The molecule has 3 nitrogen and oxygen atoms in total. The molecule has 0 aliphatic heterocycles. The average Bonchev–Trinajstić information content (AvgIpc) is 3.06. The number of hydrogen-bond donors (Lipinski definition) is 0. The molecule has 0 bridgehead atoms. The van der Waals surface area contributed by atoms with Crippen molar-refractivity contribution < 1.29 is 13.9 Å². The molecule has 1 aromatic carbocycles. The lowest BCUT2D eigenvalue weighted by atomic mass is 10.2. The fraction of sp³-hybridized carbons (Fsp3) is 0.0714. The molecular formula is C14H10O3S. The summed E-state index contributed by atoms with van der Waals surface area (Å²) in [6, 6.07) is 9.67. The van der Waals surface area contributed by atoms with Gasteiger partial charge in [0.05, 0.1) is 11.8 Å². The third-order valence-electron chi connectivity index (χ3n) is 2.68. The first-order valence-electron chi connectivity index (χ1n) is 5.49. The number of carbonyl (C=O) groups is 1. The SMILES string of the molecule is O=C(OCc1csc2ccccc12)c1ccoc1. The minimum atomic E-state index is -0.362. The molecule has 2 aromatic heterocycles. The number of benzene rings is 1. The molecule has 0 aliphatic carbocycles. The first kappa shape index (κ1) is 11.0. The Morgan fingerprint density at radius 3 is 3.00 bits per heavy atom. The summed E-state index contributed by atoms with van der Waals surface area (Å²) >= 11 is 1.65. The van der Waals surface area contributed by atoms with E-state index in [-0.39, 0.29) is 12.6 Å². The molecule has 0 fully saturated rings. The normalized spacial score (nSPS) is 10.7. The fourth-order valence-electron chi connectivity index (χ4n) is 1.75. The predicted molar refractivity (Wildman–Crippen MR) is 69.7 cm³/mol. The second-order valence-electron chi connectivity index (χ2n) is 3.85. The standard InChI is InChI=1S/C14H10O3S/c15-14(10-5-6-16-7-10)17-8-11-9-18-13-4-2-1-3-12(11)13/h1-7,9H,8H2. The Kier molecular flexibility index (Phi) is 2.86. The van der Waals surface area contributed by atoms with Gasteiger partial charge in [-0.25, -0.2) is 4.79 Å². The Bertz CT molecular complexity index is 667. The lowest BCUT2D eigenvalue weighted by molar-refractivity contribution is 0.0474. The van der Waals surface area contributed by atoms with Gasteiger partial charge >= 0.3 is 5.97 Å². The van der Waals surface area contributed by atoms with Crippen molar-refractivity contribution in [2.45, 2.75) is 6.61 Å². The third kappa shape index (κ3) is 2.02. The third-order valence-corrected chi connectivity index (χ3v) is 3.69. The van der Waals surface area contributed by atoms with Gasteiger partial charge in [-0.15, -0.1) is 11.3 Å².